The first-order valence-electron chi connectivity index (χ1n) is 7.00. The summed E-state index contributed by atoms with van der Waals surface area (Å²) in [5, 5.41) is 12.9. The Bertz CT molecular complexity index is 507. The molecular formula is C15H20N2O4. The lowest BCUT2D eigenvalue weighted by atomic mass is 10.0. The van der Waals surface area contributed by atoms with Crippen molar-refractivity contribution < 1.29 is 19.4 Å². The zero-order valence-corrected chi connectivity index (χ0v) is 11.8. The minimum absolute atomic E-state index is 0.196. The number of amides is 2. The second-order valence-electron chi connectivity index (χ2n) is 5.39. The minimum atomic E-state index is -0.764. The zero-order valence-electron chi connectivity index (χ0n) is 11.8. The molecule has 1 fully saturated rings. The molecule has 1 aliphatic carbocycles. The fourth-order valence-electron chi connectivity index (χ4n) is 2.41. The van der Waals surface area contributed by atoms with Gasteiger partial charge in [-0.25, -0.2) is 0 Å². The second-order valence-corrected chi connectivity index (χ2v) is 5.39. The molecule has 0 unspecified atom stereocenters. The van der Waals surface area contributed by atoms with Gasteiger partial charge < -0.3 is 20.9 Å². The summed E-state index contributed by atoms with van der Waals surface area (Å²) in [5.41, 5.74) is 4.69. The SMILES string of the molecule is NC(=O)COc1ccc(C(=O)NCC2(O)CCCC2)cc1. The zero-order chi connectivity index (χ0) is 15.3. The van der Waals surface area contributed by atoms with Crippen LogP contribution in [0.15, 0.2) is 24.3 Å². The van der Waals surface area contributed by atoms with Crippen molar-refractivity contribution in [3.8, 4) is 5.75 Å². The molecular weight excluding hydrogens is 272 g/mol. The predicted octanol–water partition coefficient (Wildman–Crippen LogP) is 0.586. The molecule has 0 aliphatic heterocycles. The lowest BCUT2D eigenvalue weighted by Crippen LogP contribution is -2.40. The van der Waals surface area contributed by atoms with Gasteiger partial charge in [0.2, 0.25) is 0 Å². The highest BCUT2D eigenvalue weighted by molar-refractivity contribution is 5.94. The van der Waals surface area contributed by atoms with Crippen LogP contribution in [0.3, 0.4) is 0 Å². The monoisotopic (exact) mass is 292 g/mol. The summed E-state index contributed by atoms with van der Waals surface area (Å²) in [5.74, 6) is -0.321. The molecule has 21 heavy (non-hydrogen) atoms. The van der Waals surface area contributed by atoms with Crippen LogP contribution in [-0.4, -0.2) is 35.7 Å². The summed E-state index contributed by atoms with van der Waals surface area (Å²) in [4.78, 5) is 22.6. The van der Waals surface area contributed by atoms with Crippen LogP contribution in [0.5, 0.6) is 5.75 Å². The molecule has 1 aromatic carbocycles. The van der Waals surface area contributed by atoms with Crippen LogP contribution in [0.25, 0.3) is 0 Å². The largest absolute Gasteiger partial charge is 0.484 e. The van der Waals surface area contributed by atoms with Crippen LogP contribution in [-0.2, 0) is 4.79 Å². The Morgan fingerprint density at radius 3 is 2.43 bits per heavy atom. The van der Waals surface area contributed by atoms with Crippen molar-refractivity contribution in [3.63, 3.8) is 0 Å². The van der Waals surface area contributed by atoms with Gasteiger partial charge in [0, 0.05) is 12.1 Å². The van der Waals surface area contributed by atoms with Crippen LogP contribution >= 0.6 is 0 Å². The molecule has 4 N–H and O–H groups in total. The van der Waals surface area contributed by atoms with Gasteiger partial charge in [0.15, 0.2) is 6.61 Å². The Hall–Kier alpha value is -2.08. The lowest BCUT2D eigenvalue weighted by Gasteiger charge is -2.22. The topological polar surface area (TPSA) is 102 Å². The van der Waals surface area contributed by atoms with Gasteiger partial charge in [-0.05, 0) is 37.1 Å². The number of ether oxygens (including phenoxy) is 1. The number of benzene rings is 1. The third-order valence-corrected chi connectivity index (χ3v) is 3.61. The smallest absolute Gasteiger partial charge is 0.255 e. The van der Waals surface area contributed by atoms with Crippen molar-refractivity contribution in [2.24, 2.45) is 5.73 Å². The van der Waals surface area contributed by atoms with Crippen LogP contribution in [0.4, 0.5) is 0 Å². The third kappa shape index (κ3) is 4.46. The summed E-state index contributed by atoms with van der Waals surface area (Å²) in [7, 11) is 0. The number of nitrogens with two attached hydrogens (primary N) is 1. The number of carbonyl (C=O) groups is 2. The number of hydrogen-bond donors (Lipinski definition) is 3. The van der Waals surface area contributed by atoms with E-state index in [-0.39, 0.29) is 19.1 Å². The molecule has 0 bridgehead atoms. The van der Waals surface area contributed by atoms with Crippen LogP contribution in [0, 0.1) is 0 Å². The molecule has 0 atom stereocenters. The first-order chi connectivity index (χ1) is 9.98. The van der Waals surface area contributed by atoms with E-state index in [2.05, 4.69) is 5.32 Å². The standard InChI is InChI=1S/C15H20N2O4/c16-13(18)9-21-12-5-3-11(4-6-12)14(19)17-10-15(20)7-1-2-8-15/h3-6,20H,1-2,7-10H2,(H2,16,18)(H,17,19). The van der Waals surface area contributed by atoms with Crippen molar-refractivity contribution in [2.45, 2.75) is 31.3 Å². The molecule has 1 saturated carbocycles. The molecule has 0 heterocycles. The first-order valence-corrected chi connectivity index (χ1v) is 7.00. The Morgan fingerprint density at radius 2 is 1.86 bits per heavy atom. The molecule has 1 aliphatic rings. The average molecular weight is 292 g/mol. The van der Waals surface area contributed by atoms with Gasteiger partial charge in [0.1, 0.15) is 5.75 Å². The Kier molecular flexibility index (Phi) is 4.80. The van der Waals surface area contributed by atoms with E-state index in [0.29, 0.717) is 11.3 Å². The molecule has 1 aromatic rings. The van der Waals surface area contributed by atoms with E-state index >= 15 is 0 Å². The van der Waals surface area contributed by atoms with Crippen molar-refractivity contribution in [3.05, 3.63) is 29.8 Å². The van der Waals surface area contributed by atoms with E-state index in [4.69, 9.17) is 10.5 Å². The van der Waals surface area contributed by atoms with Crippen LogP contribution in [0.2, 0.25) is 0 Å². The van der Waals surface area contributed by atoms with Gasteiger partial charge in [-0.1, -0.05) is 12.8 Å². The molecule has 0 radical (unpaired) electrons. The Balaban J connectivity index is 1.86. The molecule has 0 saturated heterocycles. The number of primary amides is 1. The Labute approximate surface area is 123 Å². The van der Waals surface area contributed by atoms with Crippen molar-refractivity contribution in [1.82, 2.24) is 5.32 Å². The fourth-order valence-corrected chi connectivity index (χ4v) is 2.41. The predicted molar refractivity (Wildman–Crippen MR) is 76.9 cm³/mol. The van der Waals surface area contributed by atoms with E-state index < -0.39 is 11.5 Å². The highest BCUT2D eigenvalue weighted by atomic mass is 16.5. The summed E-state index contributed by atoms with van der Waals surface area (Å²) < 4.78 is 5.11. The number of aliphatic hydroxyl groups is 1. The van der Waals surface area contributed by atoms with Crippen LogP contribution in [0.1, 0.15) is 36.0 Å². The second kappa shape index (κ2) is 6.58. The van der Waals surface area contributed by atoms with E-state index in [1.807, 2.05) is 0 Å². The van der Waals surface area contributed by atoms with Gasteiger partial charge in [-0.3, -0.25) is 9.59 Å². The maximum absolute atomic E-state index is 12.0. The van der Waals surface area contributed by atoms with Gasteiger partial charge >= 0.3 is 0 Å². The van der Waals surface area contributed by atoms with E-state index in [1.54, 1.807) is 24.3 Å². The molecule has 6 heteroatoms. The summed E-state index contributed by atoms with van der Waals surface area (Å²) in [6.07, 6.45) is 3.46. The highest BCUT2D eigenvalue weighted by Gasteiger charge is 2.31. The van der Waals surface area contributed by atoms with Crippen LogP contribution < -0.4 is 15.8 Å². The van der Waals surface area contributed by atoms with Gasteiger partial charge in [0.05, 0.1) is 5.60 Å². The van der Waals surface area contributed by atoms with Crippen molar-refractivity contribution in [1.29, 1.82) is 0 Å². The van der Waals surface area contributed by atoms with E-state index in [1.165, 1.54) is 0 Å². The summed E-state index contributed by atoms with van der Waals surface area (Å²) in [6.45, 7) is 0.0737. The van der Waals surface area contributed by atoms with Gasteiger partial charge in [0.25, 0.3) is 11.8 Å². The lowest BCUT2D eigenvalue weighted by molar-refractivity contribution is -0.119. The maximum Gasteiger partial charge on any atom is 0.255 e. The van der Waals surface area contributed by atoms with E-state index in [0.717, 1.165) is 25.7 Å². The Morgan fingerprint density at radius 1 is 1.24 bits per heavy atom. The molecule has 114 valence electrons. The number of hydrogen-bond acceptors (Lipinski definition) is 4. The normalized spacial score (nSPS) is 16.4. The summed E-state index contributed by atoms with van der Waals surface area (Å²) >= 11 is 0. The summed E-state index contributed by atoms with van der Waals surface area (Å²) in [6, 6.07) is 6.40. The third-order valence-electron chi connectivity index (χ3n) is 3.61. The van der Waals surface area contributed by atoms with Gasteiger partial charge in [-0.2, -0.15) is 0 Å². The van der Waals surface area contributed by atoms with Gasteiger partial charge in [-0.15, -0.1) is 0 Å². The quantitative estimate of drug-likeness (QED) is 0.714. The highest BCUT2D eigenvalue weighted by Crippen LogP contribution is 2.28. The number of rotatable bonds is 6. The molecule has 0 spiro atoms. The average Bonchev–Trinajstić information content (AvgIpc) is 2.90. The fraction of sp³-hybridized carbons (Fsp3) is 0.467. The molecule has 6 nitrogen and oxygen atoms in total. The van der Waals surface area contributed by atoms with E-state index in [9.17, 15) is 14.7 Å². The molecule has 2 rings (SSSR count). The molecule has 0 aromatic heterocycles. The first kappa shape index (κ1) is 15.3. The van der Waals surface area contributed by atoms with Crippen molar-refractivity contribution >= 4 is 11.8 Å². The van der Waals surface area contributed by atoms with Crippen molar-refractivity contribution in [2.75, 3.05) is 13.2 Å². The minimum Gasteiger partial charge on any atom is -0.484 e. The maximum atomic E-state index is 12.0. The number of carbonyl (C=O) groups excluding carboxylic acids is 2. The number of nitrogens with one attached hydrogen (secondary N) is 1. The molecule has 2 amide bonds.